The van der Waals surface area contributed by atoms with Gasteiger partial charge >= 0.3 is 5.97 Å². The molecule has 1 aliphatic rings. The number of ketones is 1. The third-order valence-corrected chi connectivity index (χ3v) is 2.88. The smallest absolute Gasteiger partial charge is 0.361 e. The van der Waals surface area contributed by atoms with Crippen molar-refractivity contribution in [2.45, 2.75) is 58.0 Å². The summed E-state index contributed by atoms with van der Waals surface area (Å²) in [6.07, 6.45) is 7.48. The van der Waals surface area contributed by atoms with E-state index in [0.717, 1.165) is 25.7 Å². The van der Waals surface area contributed by atoms with Gasteiger partial charge in [-0.15, -0.1) is 0 Å². The molecule has 0 aliphatic heterocycles. The van der Waals surface area contributed by atoms with Crippen LogP contribution in [0.4, 0.5) is 0 Å². The van der Waals surface area contributed by atoms with Crippen LogP contribution in [0.15, 0.2) is 5.16 Å². The van der Waals surface area contributed by atoms with E-state index in [1.54, 1.807) is 0 Å². The first-order chi connectivity index (χ1) is 8.11. The quantitative estimate of drug-likeness (QED) is 0.465. The number of hydrogen-bond acceptors (Lipinski definition) is 4. The molecule has 0 radical (unpaired) electrons. The molecule has 1 rings (SSSR count). The van der Waals surface area contributed by atoms with Crippen LogP contribution in [-0.4, -0.2) is 28.7 Å². The van der Waals surface area contributed by atoms with E-state index in [0.29, 0.717) is 0 Å². The molecule has 0 aromatic rings. The summed E-state index contributed by atoms with van der Waals surface area (Å²) in [5.41, 5.74) is -0.521. The normalized spacial score (nSPS) is 19.2. The second-order valence-corrected chi connectivity index (χ2v) is 4.37. The van der Waals surface area contributed by atoms with Gasteiger partial charge in [0.1, 0.15) is 6.10 Å². The Labute approximate surface area is 101 Å². The van der Waals surface area contributed by atoms with Crippen molar-refractivity contribution in [1.82, 2.24) is 0 Å². The number of aliphatic carboxylic acids is 1. The highest BCUT2D eigenvalue weighted by Crippen LogP contribution is 2.19. The van der Waals surface area contributed by atoms with E-state index in [1.807, 2.05) is 0 Å². The molecule has 0 unspecified atom stereocenters. The fraction of sp³-hybridized carbons (Fsp3) is 0.750. The Morgan fingerprint density at radius 2 is 1.65 bits per heavy atom. The third-order valence-electron chi connectivity index (χ3n) is 2.88. The molecule has 0 aromatic heterocycles. The van der Waals surface area contributed by atoms with E-state index in [2.05, 4.69) is 5.16 Å². The van der Waals surface area contributed by atoms with Crippen LogP contribution in [0.5, 0.6) is 0 Å². The first kappa shape index (κ1) is 13.7. The van der Waals surface area contributed by atoms with Crippen LogP contribution in [-0.2, 0) is 14.4 Å². The fourth-order valence-electron chi connectivity index (χ4n) is 1.91. The first-order valence-corrected chi connectivity index (χ1v) is 6.09. The molecule has 1 aliphatic carbocycles. The van der Waals surface area contributed by atoms with E-state index in [4.69, 9.17) is 9.94 Å². The van der Waals surface area contributed by atoms with E-state index >= 15 is 0 Å². The SMILES string of the molecule is CC(=O)/C(=N/OC1CCCCCCC1)C(=O)O. The van der Waals surface area contributed by atoms with Gasteiger partial charge in [-0.3, -0.25) is 4.79 Å². The largest absolute Gasteiger partial charge is 0.476 e. The van der Waals surface area contributed by atoms with Crippen LogP contribution < -0.4 is 0 Å². The molecule has 0 amide bonds. The molecule has 0 bridgehead atoms. The van der Waals surface area contributed by atoms with Crippen molar-refractivity contribution in [3.63, 3.8) is 0 Å². The standard InChI is InChI=1S/C12H19NO4/c1-9(14)11(12(15)16)13-17-10-7-5-3-2-4-6-8-10/h10H,2-8H2,1H3,(H,15,16)/b13-11-. The molecule has 17 heavy (non-hydrogen) atoms. The first-order valence-electron chi connectivity index (χ1n) is 6.09. The second-order valence-electron chi connectivity index (χ2n) is 4.37. The third kappa shape index (κ3) is 4.97. The zero-order valence-electron chi connectivity index (χ0n) is 10.1. The van der Waals surface area contributed by atoms with Crippen LogP contribution in [0, 0.1) is 0 Å². The molecular formula is C12H19NO4. The summed E-state index contributed by atoms with van der Waals surface area (Å²) in [4.78, 5) is 26.9. The summed E-state index contributed by atoms with van der Waals surface area (Å²) in [5, 5.41) is 12.2. The molecule has 5 heteroatoms. The van der Waals surface area contributed by atoms with Crippen LogP contribution in [0.25, 0.3) is 0 Å². The van der Waals surface area contributed by atoms with Crippen LogP contribution in [0.1, 0.15) is 51.9 Å². The number of carbonyl (C=O) groups excluding carboxylic acids is 1. The maximum Gasteiger partial charge on any atom is 0.361 e. The summed E-state index contributed by atoms with van der Waals surface area (Å²) in [7, 11) is 0. The summed E-state index contributed by atoms with van der Waals surface area (Å²) >= 11 is 0. The lowest BCUT2D eigenvalue weighted by molar-refractivity contribution is -0.130. The Morgan fingerprint density at radius 1 is 1.12 bits per heavy atom. The lowest BCUT2D eigenvalue weighted by atomic mass is 9.99. The average molecular weight is 241 g/mol. The van der Waals surface area contributed by atoms with Crippen molar-refractivity contribution >= 4 is 17.5 Å². The van der Waals surface area contributed by atoms with Gasteiger partial charge in [0.15, 0.2) is 5.78 Å². The minimum Gasteiger partial charge on any atom is -0.476 e. The lowest BCUT2D eigenvalue weighted by Crippen LogP contribution is -2.23. The van der Waals surface area contributed by atoms with E-state index in [9.17, 15) is 9.59 Å². The van der Waals surface area contributed by atoms with Gasteiger partial charge in [-0.05, 0) is 25.7 Å². The van der Waals surface area contributed by atoms with E-state index < -0.39 is 17.5 Å². The van der Waals surface area contributed by atoms with Gasteiger partial charge in [0.2, 0.25) is 5.71 Å². The van der Waals surface area contributed by atoms with E-state index in [-0.39, 0.29) is 6.10 Å². The molecule has 0 spiro atoms. The van der Waals surface area contributed by atoms with E-state index in [1.165, 1.54) is 26.2 Å². The number of hydrogen-bond donors (Lipinski definition) is 1. The zero-order valence-corrected chi connectivity index (χ0v) is 10.1. The summed E-state index contributed by atoms with van der Waals surface area (Å²) < 4.78 is 0. The summed E-state index contributed by atoms with van der Waals surface area (Å²) in [5.74, 6) is -1.91. The number of nitrogens with zero attached hydrogens (tertiary/aromatic N) is 1. The summed E-state index contributed by atoms with van der Waals surface area (Å²) in [6, 6.07) is 0. The van der Waals surface area contributed by atoms with Gasteiger partial charge in [0.25, 0.3) is 0 Å². The number of carboxylic acid groups (broad SMARTS) is 1. The Morgan fingerprint density at radius 3 is 2.12 bits per heavy atom. The maximum absolute atomic E-state index is 11.0. The molecular weight excluding hydrogens is 222 g/mol. The zero-order chi connectivity index (χ0) is 12.7. The summed E-state index contributed by atoms with van der Waals surface area (Å²) in [6.45, 7) is 1.18. The number of oxime groups is 1. The number of carboxylic acids is 1. The molecule has 1 N–H and O–H groups in total. The van der Waals surface area contributed by atoms with Crippen molar-refractivity contribution < 1.29 is 19.5 Å². The monoisotopic (exact) mass is 241 g/mol. The van der Waals surface area contributed by atoms with Gasteiger partial charge < -0.3 is 9.94 Å². The van der Waals surface area contributed by atoms with Gasteiger partial charge in [0.05, 0.1) is 0 Å². The molecule has 0 saturated heterocycles. The molecule has 1 saturated carbocycles. The minimum absolute atomic E-state index is 0.0519. The maximum atomic E-state index is 11.0. The van der Waals surface area contributed by atoms with Crippen molar-refractivity contribution in [2.24, 2.45) is 5.16 Å². The number of carbonyl (C=O) groups is 2. The number of rotatable bonds is 4. The van der Waals surface area contributed by atoms with Crippen molar-refractivity contribution in [2.75, 3.05) is 0 Å². The molecule has 0 aromatic carbocycles. The number of Topliss-reactive ketones (excluding diaryl/α,β-unsaturated/α-hetero) is 1. The van der Waals surface area contributed by atoms with Crippen LogP contribution >= 0.6 is 0 Å². The molecule has 1 fully saturated rings. The van der Waals surface area contributed by atoms with Crippen molar-refractivity contribution in [3.8, 4) is 0 Å². The predicted octanol–water partition coefficient (Wildman–Crippen LogP) is 2.15. The Bertz CT molecular complexity index is 288. The molecule has 0 atom stereocenters. The highest BCUT2D eigenvalue weighted by atomic mass is 16.6. The average Bonchev–Trinajstić information content (AvgIpc) is 2.19. The Balaban J connectivity index is 2.53. The topological polar surface area (TPSA) is 76.0 Å². The lowest BCUT2D eigenvalue weighted by Gasteiger charge is -2.17. The van der Waals surface area contributed by atoms with Gasteiger partial charge in [-0.2, -0.15) is 0 Å². The predicted molar refractivity (Wildman–Crippen MR) is 62.9 cm³/mol. The molecule has 96 valence electrons. The van der Waals surface area contributed by atoms with Gasteiger partial charge in [0, 0.05) is 6.92 Å². The second kappa shape index (κ2) is 7.04. The Hall–Kier alpha value is -1.39. The van der Waals surface area contributed by atoms with Crippen molar-refractivity contribution in [3.05, 3.63) is 0 Å². The van der Waals surface area contributed by atoms with Crippen LogP contribution in [0.3, 0.4) is 0 Å². The van der Waals surface area contributed by atoms with Gasteiger partial charge in [-0.25, -0.2) is 4.79 Å². The highest BCUT2D eigenvalue weighted by molar-refractivity contribution is 6.63. The highest BCUT2D eigenvalue weighted by Gasteiger charge is 2.18. The van der Waals surface area contributed by atoms with Gasteiger partial charge in [-0.1, -0.05) is 24.4 Å². The Kier molecular flexibility index (Phi) is 5.66. The van der Waals surface area contributed by atoms with Crippen molar-refractivity contribution in [1.29, 1.82) is 0 Å². The minimum atomic E-state index is -1.33. The molecule has 0 heterocycles. The molecule has 5 nitrogen and oxygen atoms in total. The fourth-order valence-corrected chi connectivity index (χ4v) is 1.91. The van der Waals surface area contributed by atoms with Crippen LogP contribution in [0.2, 0.25) is 0 Å².